The number of unbranched alkanes of at least 4 members (excludes halogenated alkanes) is 2. The molecule has 182 valence electrons. The molecule has 0 amide bonds. The highest BCUT2D eigenvalue weighted by molar-refractivity contribution is 7.89. The van der Waals surface area contributed by atoms with Crippen LogP contribution in [0.4, 0.5) is 0 Å². The van der Waals surface area contributed by atoms with Crippen molar-refractivity contribution in [2.24, 2.45) is 0 Å². The van der Waals surface area contributed by atoms with E-state index in [0.29, 0.717) is 19.4 Å². The summed E-state index contributed by atoms with van der Waals surface area (Å²) in [5, 5.41) is 9.51. The van der Waals surface area contributed by atoms with Gasteiger partial charge in [0.25, 0.3) is 0 Å². The Kier molecular flexibility index (Phi) is 10.6. The van der Waals surface area contributed by atoms with Crippen LogP contribution in [0.2, 0.25) is 5.02 Å². The van der Waals surface area contributed by atoms with Gasteiger partial charge in [-0.2, -0.15) is 0 Å². The second-order valence-corrected chi connectivity index (χ2v) is 11.0. The van der Waals surface area contributed by atoms with Gasteiger partial charge < -0.3 is 10.0 Å². The number of nitrogens with one attached hydrogen (secondary N) is 1. The van der Waals surface area contributed by atoms with Gasteiger partial charge >= 0.3 is 0 Å². The van der Waals surface area contributed by atoms with Gasteiger partial charge in [0.2, 0.25) is 10.0 Å². The molecule has 1 aliphatic heterocycles. The molecule has 1 heterocycles. The zero-order valence-electron chi connectivity index (χ0n) is 19.2. The number of nitrogens with zero attached hydrogens (tertiary/aromatic N) is 2. The van der Waals surface area contributed by atoms with Gasteiger partial charge in [0.15, 0.2) is 0 Å². The van der Waals surface area contributed by atoms with Crippen molar-refractivity contribution in [1.82, 2.24) is 14.5 Å². The summed E-state index contributed by atoms with van der Waals surface area (Å²) in [5.41, 5.74) is 2.55. The molecular formula is C25H36ClN3O3S. The average molecular weight is 494 g/mol. The molecule has 0 bridgehead atoms. The van der Waals surface area contributed by atoms with Gasteiger partial charge in [0.05, 0.1) is 11.8 Å². The summed E-state index contributed by atoms with van der Waals surface area (Å²) in [5.74, 6) is 0.159. The molecule has 1 saturated heterocycles. The third-order valence-electron chi connectivity index (χ3n) is 6.12. The van der Waals surface area contributed by atoms with Gasteiger partial charge in [-0.25, -0.2) is 13.1 Å². The standard InChI is InChI=1S/C25H36ClN3O3S/c26-24-12-10-23(11-13-24)25(22-8-3-1-4-9-22)29-18-16-28(17-19-29)15-5-2-6-21-33(31,32)27-14-7-20-30/h1,3-4,8-13,25,27,30H,2,5-7,14-21H2. The van der Waals surface area contributed by atoms with E-state index in [2.05, 4.69) is 57.0 Å². The third-order valence-corrected chi connectivity index (χ3v) is 7.84. The lowest BCUT2D eigenvalue weighted by Gasteiger charge is -2.40. The number of aliphatic hydroxyl groups is 1. The van der Waals surface area contributed by atoms with Crippen LogP contribution in [0.1, 0.15) is 42.9 Å². The van der Waals surface area contributed by atoms with Gasteiger partial charge in [-0.1, -0.05) is 60.5 Å². The fraction of sp³-hybridized carbons (Fsp3) is 0.520. The number of sulfonamides is 1. The number of benzene rings is 2. The van der Waals surface area contributed by atoms with Gasteiger partial charge in [-0.05, 0) is 49.1 Å². The van der Waals surface area contributed by atoms with Crippen LogP contribution in [0.3, 0.4) is 0 Å². The molecule has 1 unspecified atom stereocenters. The van der Waals surface area contributed by atoms with Crippen molar-refractivity contribution < 1.29 is 13.5 Å². The van der Waals surface area contributed by atoms with E-state index < -0.39 is 10.0 Å². The van der Waals surface area contributed by atoms with Gasteiger partial charge in [0, 0.05) is 44.4 Å². The van der Waals surface area contributed by atoms with Crippen molar-refractivity contribution in [2.45, 2.75) is 31.7 Å². The molecule has 0 spiro atoms. The predicted octanol–water partition coefficient (Wildman–Crippen LogP) is 3.52. The highest BCUT2D eigenvalue weighted by Crippen LogP contribution is 2.30. The van der Waals surface area contributed by atoms with E-state index in [-0.39, 0.29) is 18.4 Å². The fourth-order valence-electron chi connectivity index (χ4n) is 4.32. The van der Waals surface area contributed by atoms with Crippen LogP contribution >= 0.6 is 11.6 Å². The molecule has 33 heavy (non-hydrogen) atoms. The zero-order valence-corrected chi connectivity index (χ0v) is 20.8. The van der Waals surface area contributed by atoms with Crippen LogP contribution in [-0.4, -0.2) is 75.0 Å². The first kappa shape index (κ1) is 26.1. The van der Waals surface area contributed by atoms with Crippen LogP contribution in [0.5, 0.6) is 0 Å². The van der Waals surface area contributed by atoms with Crippen molar-refractivity contribution in [2.75, 3.05) is 51.6 Å². The van der Waals surface area contributed by atoms with Crippen LogP contribution in [-0.2, 0) is 10.0 Å². The zero-order chi connectivity index (χ0) is 23.5. The van der Waals surface area contributed by atoms with Crippen molar-refractivity contribution in [3.63, 3.8) is 0 Å². The lowest BCUT2D eigenvalue weighted by atomic mass is 9.96. The Morgan fingerprint density at radius 2 is 1.55 bits per heavy atom. The molecule has 0 aromatic heterocycles. The Morgan fingerprint density at radius 3 is 2.21 bits per heavy atom. The Bertz CT molecular complexity index is 918. The van der Waals surface area contributed by atoms with E-state index in [9.17, 15) is 8.42 Å². The molecule has 2 aromatic rings. The highest BCUT2D eigenvalue weighted by Gasteiger charge is 2.26. The number of halogens is 1. The maximum atomic E-state index is 11.9. The summed E-state index contributed by atoms with van der Waals surface area (Å²) in [4.78, 5) is 5.02. The van der Waals surface area contributed by atoms with E-state index in [1.807, 2.05) is 12.1 Å². The summed E-state index contributed by atoms with van der Waals surface area (Å²) >= 11 is 6.13. The summed E-state index contributed by atoms with van der Waals surface area (Å²) in [6, 6.07) is 19.0. The Balaban J connectivity index is 1.44. The van der Waals surface area contributed by atoms with Crippen LogP contribution in [0, 0.1) is 0 Å². The quantitative estimate of drug-likeness (QED) is 0.418. The van der Waals surface area contributed by atoms with Gasteiger partial charge in [-0.3, -0.25) is 4.90 Å². The van der Waals surface area contributed by atoms with Crippen LogP contribution in [0.25, 0.3) is 0 Å². The molecule has 8 heteroatoms. The molecule has 1 fully saturated rings. The minimum Gasteiger partial charge on any atom is -0.396 e. The maximum absolute atomic E-state index is 11.9. The molecular weight excluding hydrogens is 458 g/mol. The normalized spacial score (nSPS) is 16.7. The second kappa shape index (κ2) is 13.4. The van der Waals surface area contributed by atoms with Crippen LogP contribution < -0.4 is 4.72 Å². The molecule has 2 aromatic carbocycles. The summed E-state index contributed by atoms with van der Waals surface area (Å²) in [6.07, 6.45) is 3.03. The van der Waals surface area contributed by atoms with Crippen molar-refractivity contribution in [3.8, 4) is 0 Å². The van der Waals surface area contributed by atoms with E-state index in [1.165, 1.54) is 11.1 Å². The number of piperazine rings is 1. The van der Waals surface area contributed by atoms with Crippen molar-refractivity contribution >= 4 is 21.6 Å². The molecule has 0 saturated carbocycles. The number of hydrogen-bond acceptors (Lipinski definition) is 5. The topological polar surface area (TPSA) is 72.9 Å². The number of hydrogen-bond donors (Lipinski definition) is 2. The molecule has 0 radical (unpaired) electrons. The largest absolute Gasteiger partial charge is 0.396 e. The van der Waals surface area contributed by atoms with E-state index >= 15 is 0 Å². The molecule has 6 nitrogen and oxygen atoms in total. The Hall–Kier alpha value is -1.48. The highest BCUT2D eigenvalue weighted by atomic mass is 35.5. The lowest BCUT2D eigenvalue weighted by molar-refractivity contribution is 0.108. The summed E-state index contributed by atoms with van der Waals surface area (Å²) in [7, 11) is -3.22. The predicted molar refractivity (Wildman–Crippen MR) is 135 cm³/mol. The number of aliphatic hydroxyl groups excluding tert-OH is 1. The lowest BCUT2D eigenvalue weighted by Crippen LogP contribution is -2.48. The monoisotopic (exact) mass is 493 g/mol. The first-order valence-electron chi connectivity index (χ1n) is 11.8. The van der Waals surface area contributed by atoms with E-state index in [4.69, 9.17) is 16.7 Å². The third kappa shape index (κ3) is 8.67. The average Bonchev–Trinajstić information content (AvgIpc) is 2.82. The Morgan fingerprint density at radius 1 is 0.879 bits per heavy atom. The van der Waals surface area contributed by atoms with E-state index in [1.54, 1.807) is 0 Å². The number of rotatable bonds is 13. The van der Waals surface area contributed by atoms with Crippen LogP contribution in [0.15, 0.2) is 54.6 Å². The molecule has 2 N–H and O–H groups in total. The van der Waals surface area contributed by atoms with Gasteiger partial charge in [-0.15, -0.1) is 0 Å². The fourth-order valence-corrected chi connectivity index (χ4v) is 5.63. The first-order valence-corrected chi connectivity index (χ1v) is 13.9. The van der Waals surface area contributed by atoms with Crippen molar-refractivity contribution in [1.29, 1.82) is 0 Å². The summed E-state index contributed by atoms with van der Waals surface area (Å²) < 4.78 is 26.3. The minimum atomic E-state index is -3.22. The minimum absolute atomic E-state index is 0.00157. The molecule has 3 rings (SSSR count). The second-order valence-electron chi connectivity index (χ2n) is 8.59. The first-order chi connectivity index (χ1) is 16.0. The SMILES string of the molecule is O=S(=O)(CCCCCN1CCN(C(c2ccccc2)c2ccc(Cl)cc2)CC1)NCCCO. The molecule has 1 atom stereocenters. The maximum Gasteiger partial charge on any atom is 0.211 e. The van der Waals surface area contributed by atoms with E-state index in [0.717, 1.165) is 50.6 Å². The Labute approximate surface area is 203 Å². The van der Waals surface area contributed by atoms with Crippen molar-refractivity contribution in [3.05, 3.63) is 70.7 Å². The smallest absolute Gasteiger partial charge is 0.211 e. The van der Waals surface area contributed by atoms with Gasteiger partial charge in [0.1, 0.15) is 0 Å². The summed E-state index contributed by atoms with van der Waals surface area (Å²) in [6.45, 7) is 5.32. The molecule has 0 aliphatic carbocycles. The molecule has 1 aliphatic rings.